The minimum Gasteiger partial charge on any atom is -0.486 e. The average Bonchev–Trinajstić information content (AvgIpc) is 2.54. The predicted molar refractivity (Wildman–Crippen MR) is 79.8 cm³/mol. The van der Waals surface area contributed by atoms with Crippen LogP contribution in [0.4, 0.5) is 0 Å². The van der Waals surface area contributed by atoms with E-state index < -0.39 is 0 Å². The molecule has 2 N–H and O–H groups in total. The molecular formula is C16H22N2O3. The summed E-state index contributed by atoms with van der Waals surface area (Å²) in [7, 11) is 1.88. The van der Waals surface area contributed by atoms with Crippen LogP contribution in [-0.2, 0) is 0 Å². The Bertz CT molecular complexity index is 524. The summed E-state index contributed by atoms with van der Waals surface area (Å²) in [6.45, 7) is 1.09. The molecule has 5 heteroatoms. The Labute approximate surface area is 125 Å². The molecule has 1 fully saturated rings. The van der Waals surface area contributed by atoms with Gasteiger partial charge in [0.25, 0.3) is 5.91 Å². The minimum atomic E-state index is 0.0347. The molecule has 21 heavy (non-hydrogen) atoms. The van der Waals surface area contributed by atoms with Gasteiger partial charge in [0.15, 0.2) is 11.5 Å². The van der Waals surface area contributed by atoms with E-state index in [1.54, 1.807) is 12.1 Å². The van der Waals surface area contributed by atoms with E-state index >= 15 is 0 Å². The lowest BCUT2D eigenvalue weighted by Gasteiger charge is -2.33. The summed E-state index contributed by atoms with van der Waals surface area (Å²) in [6.07, 6.45) is 3.94. The normalized spacial score (nSPS) is 24.5. The van der Waals surface area contributed by atoms with Crippen LogP contribution in [0.2, 0.25) is 0 Å². The number of carbonyl (C=O) groups is 1. The second-order valence-electron chi connectivity index (χ2n) is 5.84. The fraction of sp³-hybridized carbons (Fsp3) is 0.562. The van der Waals surface area contributed by atoms with E-state index in [2.05, 4.69) is 0 Å². The molecule has 1 saturated carbocycles. The van der Waals surface area contributed by atoms with Gasteiger partial charge in [-0.1, -0.05) is 0 Å². The van der Waals surface area contributed by atoms with Gasteiger partial charge in [0, 0.05) is 24.7 Å². The molecule has 0 aromatic heterocycles. The van der Waals surface area contributed by atoms with Crippen LogP contribution in [0.25, 0.3) is 0 Å². The molecule has 1 aromatic rings. The number of nitrogens with two attached hydrogens (primary N) is 1. The second-order valence-corrected chi connectivity index (χ2v) is 5.84. The van der Waals surface area contributed by atoms with Crippen molar-refractivity contribution >= 4 is 5.91 Å². The minimum absolute atomic E-state index is 0.0347. The van der Waals surface area contributed by atoms with Crippen LogP contribution < -0.4 is 15.2 Å². The molecule has 0 spiro atoms. The third-order valence-corrected chi connectivity index (χ3v) is 4.40. The quantitative estimate of drug-likeness (QED) is 0.902. The lowest BCUT2D eigenvalue weighted by atomic mass is 9.90. The number of hydrogen-bond acceptors (Lipinski definition) is 4. The first-order valence-electron chi connectivity index (χ1n) is 7.57. The Kier molecular flexibility index (Phi) is 4.01. The Morgan fingerprint density at radius 2 is 1.81 bits per heavy atom. The van der Waals surface area contributed by atoms with Crippen molar-refractivity contribution in [2.24, 2.45) is 5.73 Å². The van der Waals surface area contributed by atoms with Gasteiger partial charge >= 0.3 is 0 Å². The molecule has 1 aliphatic carbocycles. The molecule has 1 amide bonds. The van der Waals surface area contributed by atoms with E-state index in [9.17, 15) is 4.79 Å². The molecule has 114 valence electrons. The fourth-order valence-electron chi connectivity index (χ4n) is 3.03. The van der Waals surface area contributed by atoms with Crippen LogP contribution in [0.1, 0.15) is 36.0 Å². The molecule has 1 aliphatic heterocycles. The molecule has 0 radical (unpaired) electrons. The van der Waals surface area contributed by atoms with E-state index in [0.29, 0.717) is 36.3 Å². The summed E-state index contributed by atoms with van der Waals surface area (Å²) in [4.78, 5) is 14.5. The highest BCUT2D eigenvalue weighted by Gasteiger charge is 2.26. The van der Waals surface area contributed by atoms with Gasteiger partial charge in [0.1, 0.15) is 13.2 Å². The molecule has 0 atom stereocenters. The highest BCUT2D eigenvalue weighted by molar-refractivity contribution is 5.95. The number of fused-ring (bicyclic) bond motifs is 1. The van der Waals surface area contributed by atoms with Crippen LogP contribution in [0.5, 0.6) is 11.5 Å². The predicted octanol–water partition coefficient (Wildman–Crippen LogP) is 1.80. The van der Waals surface area contributed by atoms with Gasteiger partial charge in [-0.2, -0.15) is 0 Å². The van der Waals surface area contributed by atoms with Crippen molar-refractivity contribution in [1.82, 2.24) is 4.90 Å². The molecule has 0 unspecified atom stereocenters. The van der Waals surface area contributed by atoms with Crippen molar-refractivity contribution in [3.8, 4) is 11.5 Å². The molecule has 2 aliphatic rings. The topological polar surface area (TPSA) is 64.8 Å². The first-order valence-corrected chi connectivity index (χ1v) is 7.57. The lowest BCUT2D eigenvalue weighted by molar-refractivity contribution is 0.0689. The zero-order chi connectivity index (χ0) is 14.8. The third kappa shape index (κ3) is 2.97. The van der Waals surface area contributed by atoms with Gasteiger partial charge in [0.05, 0.1) is 0 Å². The number of ether oxygens (including phenoxy) is 2. The highest BCUT2D eigenvalue weighted by atomic mass is 16.6. The molecule has 0 saturated heterocycles. The van der Waals surface area contributed by atoms with Crippen molar-refractivity contribution in [2.75, 3.05) is 20.3 Å². The Morgan fingerprint density at radius 1 is 1.14 bits per heavy atom. The Hall–Kier alpha value is -1.75. The molecule has 1 aromatic carbocycles. The summed E-state index contributed by atoms with van der Waals surface area (Å²) in [5, 5.41) is 0. The summed E-state index contributed by atoms with van der Waals surface area (Å²) < 4.78 is 11.0. The fourth-order valence-corrected chi connectivity index (χ4v) is 3.03. The maximum absolute atomic E-state index is 12.6. The first-order chi connectivity index (χ1) is 10.1. The zero-order valence-corrected chi connectivity index (χ0v) is 12.4. The van der Waals surface area contributed by atoms with Crippen LogP contribution in [-0.4, -0.2) is 43.2 Å². The highest BCUT2D eigenvalue weighted by Crippen LogP contribution is 2.31. The molecule has 3 rings (SSSR count). The van der Waals surface area contributed by atoms with E-state index in [0.717, 1.165) is 25.7 Å². The molecule has 0 bridgehead atoms. The van der Waals surface area contributed by atoms with E-state index in [1.807, 2.05) is 18.0 Å². The molecular weight excluding hydrogens is 268 g/mol. The standard InChI is InChI=1S/C16H22N2O3/c1-18(13-5-3-12(17)4-6-13)16(19)11-2-7-14-15(10-11)21-9-8-20-14/h2,7,10,12-13H,3-6,8-9,17H2,1H3. The van der Waals surface area contributed by atoms with Crippen molar-refractivity contribution < 1.29 is 14.3 Å². The second kappa shape index (κ2) is 5.93. The zero-order valence-electron chi connectivity index (χ0n) is 12.4. The van der Waals surface area contributed by atoms with E-state index in [1.165, 1.54) is 0 Å². The largest absolute Gasteiger partial charge is 0.486 e. The van der Waals surface area contributed by atoms with Gasteiger partial charge in [-0.3, -0.25) is 4.79 Å². The number of hydrogen-bond donors (Lipinski definition) is 1. The SMILES string of the molecule is CN(C(=O)c1ccc2c(c1)OCCO2)C1CCC(N)CC1. The van der Waals surface area contributed by atoms with Crippen LogP contribution in [0, 0.1) is 0 Å². The van der Waals surface area contributed by atoms with Gasteiger partial charge in [-0.25, -0.2) is 0 Å². The average molecular weight is 290 g/mol. The van der Waals surface area contributed by atoms with Crippen molar-refractivity contribution in [2.45, 2.75) is 37.8 Å². The number of nitrogens with zero attached hydrogens (tertiary/aromatic N) is 1. The van der Waals surface area contributed by atoms with Gasteiger partial charge in [-0.15, -0.1) is 0 Å². The van der Waals surface area contributed by atoms with Gasteiger partial charge in [-0.05, 0) is 43.9 Å². The number of rotatable bonds is 2. The molecule has 5 nitrogen and oxygen atoms in total. The van der Waals surface area contributed by atoms with Crippen molar-refractivity contribution in [3.05, 3.63) is 23.8 Å². The first kappa shape index (κ1) is 14.2. The monoisotopic (exact) mass is 290 g/mol. The van der Waals surface area contributed by atoms with Crippen molar-refractivity contribution in [1.29, 1.82) is 0 Å². The Balaban J connectivity index is 1.72. The maximum atomic E-state index is 12.6. The third-order valence-electron chi connectivity index (χ3n) is 4.40. The maximum Gasteiger partial charge on any atom is 0.253 e. The van der Waals surface area contributed by atoms with E-state index in [-0.39, 0.29) is 11.9 Å². The summed E-state index contributed by atoms with van der Waals surface area (Å²) >= 11 is 0. The van der Waals surface area contributed by atoms with Crippen LogP contribution >= 0.6 is 0 Å². The number of benzene rings is 1. The van der Waals surface area contributed by atoms with Gasteiger partial charge < -0.3 is 20.1 Å². The van der Waals surface area contributed by atoms with E-state index in [4.69, 9.17) is 15.2 Å². The Morgan fingerprint density at radius 3 is 2.52 bits per heavy atom. The summed E-state index contributed by atoms with van der Waals surface area (Å²) in [5.74, 6) is 1.41. The summed E-state index contributed by atoms with van der Waals surface area (Å²) in [5.41, 5.74) is 6.58. The van der Waals surface area contributed by atoms with Crippen LogP contribution in [0.3, 0.4) is 0 Å². The number of carbonyl (C=O) groups excluding carboxylic acids is 1. The van der Waals surface area contributed by atoms with Crippen LogP contribution in [0.15, 0.2) is 18.2 Å². The smallest absolute Gasteiger partial charge is 0.253 e. The number of amides is 1. The summed E-state index contributed by atoms with van der Waals surface area (Å²) in [6, 6.07) is 5.97. The van der Waals surface area contributed by atoms with Gasteiger partial charge in [0.2, 0.25) is 0 Å². The van der Waals surface area contributed by atoms with Crippen molar-refractivity contribution in [3.63, 3.8) is 0 Å². The lowest BCUT2D eigenvalue weighted by Crippen LogP contribution is -2.41. The molecule has 1 heterocycles.